The van der Waals surface area contributed by atoms with Crippen molar-refractivity contribution in [2.75, 3.05) is 0 Å². The van der Waals surface area contributed by atoms with Gasteiger partial charge in [-0.05, 0) is 43.8 Å². The van der Waals surface area contributed by atoms with Crippen molar-refractivity contribution in [2.24, 2.45) is 0 Å². The standard InChI is InChI=1S/C13H19NO3Si/c1-5-6-13(17-18(2,3)4)11-7-9-12(10-8-11)14(15)16/h5,7-10,13H,1,6H2,2-4H3. The quantitative estimate of drug-likeness (QED) is 0.337. The third kappa shape index (κ3) is 4.42. The van der Waals surface area contributed by atoms with Gasteiger partial charge in [0, 0.05) is 12.1 Å². The summed E-state index contributed by atoms with van der Waals surface area (Å²) in [5, 5.41) is 10.6. The van der Waals surface area contributed by atoms with E-state index in [9.17, 15) is 10.1 Å². The van der Waals surface area contributed by atoms with Gasteiger partial charge in [-0.1, -0.05) is 6.08 Å². The van der Waals surface area contributed by atoms with E-state index in [1.54, 1.807) is 12.1 Å². The van der Waals surface area contributed by atoms with Crippen LogP contribution in [0.1, 0.15) is 18.1 Å². The van der Waals surface area contributed by atoms with Gasteiger partial charge in [-0.25, -0.2) is 0 Å². The van der Waals surface area contributed by atoms with Crippen molar-refractivity contribution in [1.82, 2.24) is 0 Å². The third-order valence-electron chi connectivity index (χ3n) is 2.35. The summed E-state index contributed by atoms with van der Waals surface area (Å²) in [5.74, 6) is 0. The maximum absolute atomic E-state index is 10.6. The van der Waals surface area contributed by atoms with Crippen LogP contribution in [0.5, 0.6) is 0 Å². The molecule has 0 N–H and O–H groups in total. The van der Waals surface area contributed by atoms with Crippen molar-refractivity contribution in [3.63, 3.8) is 0 Å². The van der Waals surface area contributed by atoms with E-state index in [1.807, 2.05) is 6.08 Å². The van der Waals surface area contributed by atoms with Crippen LogP contribution in [0.3, 0.4) is 0 Å². The Kier molecular flexibility index (Phi) is 4.81. The molecule has 0 aliphatic heterocycles. The van der Waals surface area contributed by atoms with Crippen molar-refractivity contribution in [3.8, 4) is 0 Å². The molecule has 1 aromatic carbocycles. The van der Waals surface area contributed by atoms with E-state index >= 15 is 0 Å². The molecule has 1 rings (SSSR count). The Hall–Kier alpha value is -1.46. The lowest BCUT2D eigenvalue weighted by Crippen LogP contribution is -2.27. The number of nitro benzene ring substituents is 1. The zero-order valence-corrected chi connectivity index (χ0v) is 12.1. The molecule has 0 aliphatic carbocycles. The minimum absolute atomic E-state index is 0.0602. The molecule has 0 bridgehead atoms. The van der Waals surface area contributed by atoms with Gasteiger partial charge in [-0.2, -0.15) is 0 Å². The minimum Gasteiger partial charge on any atom is -0.410 e. The predicted octanol–water partition coefficient (Wildman–Crippen LogP) is 4.06. The molecule has 0 saturated carbocycles. The van der Waals surface area contributed by atoms with E-state index < -0.39 is 13.2 Å². The van der Waals surface area contributed by atoms with Crippen LogP contribution in [0.15, 0.2) is 36.9 Å². The topological polar surface area (TPSA) is 52.4 Å². The van der Waals surface area contributed by atoms with Crippen molar-refractivity contribution in [3.05, 3.63) is 52.6 Å². The highest BCUT2D eigenvalue weighted by Gasteiger charge is 2.22. The molecule has 0 radical (unpaired) electrons. The van der Waals surface area contributed by atoms with Crippen LogP contribution in [-0.2, 0) is 4.43 Å². The van der Waals surface area contributed by atoms with Crippen LogP contribution in [-0.4, -0.2) is 13.2 Å². The largest absolute Gasteiger partial charge is 0.410 e. The van der Waals surface area contributed by atoms with E-state index in [4.69, 9.17) is 4.43 Å². The molecule has 1 atom stereocenters. The maximum atomic E-state index is 10.6. The monoisotopic (exact) mass is 265 g/mol. The molecular weight excluding hydrogens is 246 g/mol. The first kappa shape index (κ1) is 14.6. The number of nitro groups is 1. The molecule has 98 valence electrons. The number of rotatable bonds is 6. The number of nitrogens with zero attached hydrogens (tertiary/aromatic N) is 1. The minimum atomic E-state index is -1.66. The van der Waals surface area contributed by atoms with Gasteiger partial charge < -0.3 is 4.43 Å². The molecule has 5 heteroatoms. The zero-order valence-electron chi connectivity index (χ0n) is 11.1. The van der Waals surface area contributed by atoms with Gasteiger partial charge in [-0.3, -0.25) is 10.1 Å². The van der Waals surface area contributed by atoms with Gasteiger partial charge in [0.25, 0.3) is 5.69 Å². The Morgan fingerprint density at radius 3 is 2.33 bits per heavy atom. The van der Waals surface area contributed by atoms with Gasteiger partial charge in [0.15, 0.2) is 8.32 Å². The van der Waals surface area contributed by atoms with Gasteiger partial charge in [0.1, 0.15) is 0 Å². The second-order valence-corrected chi connectivity index (χ2v) is 9.55. The Bertz CT molecular complexity index is 423. The van der Waals surface area contributed by atoms with Crippen LogP contribution < -0.4 is 0 Å². The maximum Gasteiger partial charge on any atom is 0.269 e. The zero-order chi connectivity index (χ0) is 13.8. The van der Waals surface area contributed by atoms with E-state index in [1.165, 1.54) is 12.1 Å². The van der Waals surface area contributed by atoms with Crippen molar-refractivity contribution in [1.29, 1.82) is 0 Å². The normalized spacial score (nSPS) is 13.1. The van der Waals surface area contributed by atoms with E-state index in [0.29, 0.717) is 6.42 Å². The van der Waals surface area contributed by atoms with Crippen LogP contribution in [0.2, 0.25) is 19.6 Å². The molecule has 4 nitrogen and oxygen atoms in total. The Balaban J connectivity index is 2.92. The molecule has 0 fully saturated rings. The highest BCUT2D eigenvalue weighted by molar-refractivity contribution is 6.69. The first-order chi connectivity index (χ1) is 8.33. The summed E-state index contributed by atoms with van der Waals surface area (Å²) in [6, 6.07) is 6.54. The number of non-ortho nitro benzene ring substituents is 1. The second kappa shape index (κ2) is 5.93. The highest BCUT2D eigenvalue weighted by Crippen LogP contribution is 2.27. The molecule has 1 unspecified atom stereocenters. The average molecular weight is 265 g/mol. The lowest BCUT2D eigenvalue weighted by Gasteiger charge is -2.26. The Labute approximate surface area is 109 Å². The smallest absolute Gasteiger partial charge is 0.269 e. The first-order valence-electron chi connectivity index (χ1n) is 5.86. The van der Waals surface area contributed by atoms with Crippen molar-refractivity contribution < 1.29 is 9.35 Å². The predicted molar refractivity (Wildman–Crippen MR) is 75.1 cm³/mol. The summed E-state index contributed by atoms with van der Waals surface area (Å²) in [6.07, 6.45) is 2.46. The van der Waals surface area contributed by atoms with Gasteiger partial charge in [0.05, 0.1) is 11.0 Å². The number of hydrogen-bond donors (Lipinski definition) is 0. The highest BCUT2D eigenvalue weighted by atomic mass is 28.4. The van der Waals surface area contributed by atoms with Crippen molar-refractivity contribution >= 4 is 14.0 Å². The third-order valence-corrected chi connectivity index (χ3v) is 3.34. The van der Waals surface area contributed by atoms with E-state index in [0.717, 1.165) is 5.56 Å². The van der Waals surface area contributed by atoms with Crippen LogP contribution >= 0.6 is 0 Å². The summed E-state index contributed by atoms with van der Waals surface area (Å²) in [7, 11) is -1.66. The number of hydrogen-bond acceptors (Lipinski definition) is 3. The van der Waals surface area contributed by atoms with Crippen LogP contribution in [0.4, 0.5) is 5.69 Å². The molecule has 0 amide bonds. The molecule has 0 saturated heterocycles. The van der Waals surface area contributed by atoms with E-state index in [2.05, 4.69) is 26.2 Å². The van der Waals surface area contributed by atoms with Gasteiger partial charge >= 0.3 is 0 Å². The fourth-order valence-electron chi connectivity index (χ4n) is 1.64. The molecule has 0 spiro atoms. The molecule has 0 aliphatic rings. The SMILES string of the molecule is C=CCC(O[Si](C)(C)C)c1ccc([N+](=O)[O-])cc1. The van der Waals surface area contributed by atoms with Crippen LogP contribution in [0.25, 0.3) is 0 Å². The van der Waals surface area contributed by atoms with Crippen molar-refractivity contribution in [2.45, 2.75) is 32.2 Å². The summed E-state index contributed by atoms with van der Waals surface area (Å²) >= 11 is 0. The molecule has 1 aromatic rings. The van der Waals surface area contributed by atoms with Gasteiger partial charge in [-0.15, -0.1) is 6.58 Å². The summed E-state index contributed by atoms with van der Waals surface area (Å²) in [4.78, 5) is 10.2. The molecule has 18 heavy (non-hydrogen) atoms. The Morgan fingerprint density at radius 1 is 1.39 bits per heavy atom. The summed E-state index contributed by atoms with van der Waals surface area (Å²) in [5.41, 5.74) is 1.06. The molecule has 0 aromatic heterocycles. The Morgan fingerprint density at radius 2 is 1.94 bits per heavy atom. The lowest BCUT2D eigenvalue weighted by molar-refractivity contribution is -0.384. The van der Waals surface area contributed by atoms with Gasteiger partial charge in [0.2, 0.25) is 0 Å². The second-order valence-electron chi connectivity index (χ2n) is 5.09. The summed E-state index contributed by atoms with van der Waals surface area (Å²) < 4.78 is 6.06. The van der Waals surface area contributed by atoms with E-state index in [-0.39, 0.29) is 11.8 Å². The fraction of sp³-hybridized carbons (Fsp3) is 0.385. The van der Waals surface area contributed by atoms with Crippen LogP contribution in [0, 0.1) is 10.1 Å². The average Bonchev–Trinajstić information content (AvgIpc) is 2.27. The summed E-state index contributed by atoms with van der Waals surface area (Å²) in [6.45, 7) is 10.1. The molecule has 0 heterocycles. The number of benzene rings is 1. The first-order valence-corrected chi connectivity index (χ1v) is 9.27. The fourth-order valence-corrected chi connectivity index (χ4v) is 2.73. The lowest BCUT2D eigenvalue weighted by atomic mass is 10.1. The molecular formula is C13H19NO3Si.